The monoisotopic (exact) mass is 396 g/mol. The largest absolute Gasteiger partial charge is 0.464 e. The number of furan rings is 1. The highest BCUT2D eigenvalue weighted by Gasteiger charge is 2.26. The van der Waals surface area contributed by atoms with Gasteiger partial charge in [0.25, 0.3) is 5.91 Å². The van der Waals surface area contributed by atoms with E-state index in [1.165, 1.54) is 16.2 Å². The van der Waals surface area contributed by atoms with E-state index in [4.69, 9.17) is 4.42 Å². The molecule has 6 heteroatoms. The fraction of sp³-hybridized carbons (Fsp3) is 0.364. The minimum Gasteiger partial charge on any atom is -0.464 e. The van der Waals surface area contributed by atoms with E-state index in [0.717, 1.165) is 58.9 Å². The molecule has 0 spiro atoms. The standard InChI is InChI=1S/C22H24N2O3S/c1-12-8-13(2)19-14(11-27-16(19)9-12)10-18(25)24-22-20(21(26)23-3)15-6-4-5-7-17(15)28-22/h8-9,11H,4-7,10H2,1-3H3,(H,23,26)(H,24,25). The minimum absolute atomic E-state index is 0.130. The van der Waals surface area contributed by atoms with E-state index in [1.54, 1.807) is 13.3 Å². The molecule has 2 N–H and O–H groups in total. The number of hydrogen-bond acceptors (Lipinski definition) is 4. The molecule has 0 fully saturated rings. The molecule has 2 heterocycles. The Kier molecular flexibility index (Phi) is 4.98. The molecule has 0 radical (unpaired) electrons. The van der Waals surface area contributed by atoms with Gasteiger partial charge in [-0.3, -0.25) is 9.59 Å². The molecule has 1 aromatic carbocycles. The summed E-state index contributed by atoms with van der Waals surface area (Å²) in [5.41, 5.74) is 5.65. The van der Waals surface area contributed by atoms with Crippen LogP contribution in [0.1, 0.15) is 50.3 Å². The highest BCUT2D eigenvalue weighted by Crippen LogP contribution is 2.38. The lowest BCUT2D eigenvalue weighted by atomic mass is 9.95. The lowest BCUT2D eigenvalue weighted by Gasteiger charge is -2.12. The second kappa shape index (κ2) is 7.43. The van der Waals surface area contributed by atoms with Gasteiger partial charge >= 0.3 is 0 Å². The lowest BCUT2D eigenvalue weighted by Crippen LogP contribution is -2.22. The van der Waals surface area contributed by atoms with Crippen molar-refractivity contribution in [2.45, 2.75) is 46.0 Å². The fourth-order valence-corrected chi connectivity index (χ4v) is 5.42. The molecule has 0 atom stereocenters. The molecule has 2 amide bonds. The summed E-state index contributed by atoms with van der Waals surface area (Å²) < 4.78 is 5.67. The Morgan fingerprint density at radius 2 is 1.96 bits per heavy atom. The Balaban J connectivity index is 1.61. The molecule has 146 valence electrons. The first-order valence-electron chi connectivity index (χ1n) is 9.61. The van der Waals surface area contributed by atoms with Crippen LogP contribution in [0.5, 0.6) is 0 Å². The third-order valence-electron chi connectivity index (χ3n) is 5.32. The van der Waals surface area contributed by atoms with Gasteiger partial charge in [0.05, 0.1) is 18.2 Å². The lowest BCUT2D eigenvalue weighted by molar-refractivity contribution is -0.115. The maximum absolute atomic E-state index is 12.8. The summed E-state index contributed by atoms with van der Waals surface area (Å²) in [5, 5.41) is 7.37. The molecule has 0 bridgehead atoms. The van der Waals surface area contributed by atoms with E-state index in [2.05, 4.69) is 16.7 Å². The normalized spacial score (nSPS) is 13.4. The molecule has 2 aromatic heterocycles. The third kappa shape index (κ3) is 3.33. The second-order valence-corrected chi connectivity index (χ2v) is 8.54. The van der Waals surface area contributed by atoms with Gasteiger partial charge in [-0.15, -0.1) is 11.3 Å². The van der Waals surface area contributed by atoms with Crippen molar-refractivity contribution >= 4 is 39.1 Å². The van der Waals surface area contributed by atoms with Gasteiger partial charge in [-0.05, 0) is 62.3 Å². The molecule has 0 unspecified atom stereocenters. The van der Waals surface area contributed by atoms with Gasteiger partial charge in [-0.1, -0.05) is 6.07 Å². The number of carbonyl (C=O) groups is 2. The number of benzene rings is 1. The van der Waals surface area contributed by atoms with Crippen LogP contribution in [0.3, 0.4) is 0 Å². The van der Waals surface area contributed by atoms with Crippen LogP contribution in [0.15, 0.2) is 22.8 Å². The number of hydrogen-bond donors (Lipinski definition) is 2. The summed E-state index contributed by atoms with van der Waals surface area (Å²) in [6.45, 7) is 4.06. The summed E-state index contributed by atoms with van der Waals surface area (Å²) >= 11 is 1.54. The number of rotatable bonds is 4. The first-order valence-corrected chi connectivity index (χ1v) is 10.4. The van der Waals surface area contributed by atoms with E-state index in [9.17, 15) is 9.59 Å². The van der Waals surface area contributed by atoms with Crippen molar-refractivity contribution in [2.75, 3.05) is 12.4 Å². The van der Waals surface area contributed by atoms with Crippen molar-refractivity contribution in [1.82, 2.24) is 5.32 Å². The highest BCUT2D eigenvalue weighted by atomic mass is 32.1. The molecular formula is C22H24N2O3S. The fourth-order valence-electron chi connectivity index (χ4n) is 4.12. The summed E-state index contributed by atoms with van der Waals surface area (Å²) in [5.74, 6) is -0.263. The number of thiophene rings is 1. The zero-order chi connectivity index (χ0) is 19.8. The first kappa shape index (κ1) is 18.7. The van der Waals surface area contributed by atoms with Gasteiger partial charge in [0.15, 0.2) is 0 Å². The maximum atomic E-state index is 12.8. The Bertz CT molecular complexity index is 1080. The van der Waals surface area contributed by atoms with Gasteiger partial charge < -0.3 is 15.1 Å². The molecule has 4 rings (SSSR count). The zero-order valence-electron chi connectivity index (χ0n) is 16.4. The van der Waals surface area contributed by atoms with Crippen LogP contribution < -0.4 is 10.6 Å². The molecule has 0 saturated carbocycles. The highest BCUT2D eigenvalue weighted by molar-refractivity contribution is 7.17. The van der Waals surface area contributed by atoms with Crippen LogP contribution in [0.25, 0.3) is 11.0 Å². The first-order chi connectivity index (χ1) is 13.5. The second-order valence-electron chi connectivity index (χ2n) is 7.43. The van der Waals surface area contributed by atoms with Gasteiger partial charge in [0.2, 0.25) is 5.91 Å². The summed E-state index contributed by atoms with van der Waals surface area (Å²) in [6.07, 6.45) is 5.97. The molecule has 28 heavy (non-hydrogen) atoms. The summed E-state index contributed by atoms with van der Waals surface area (Å²) in [7, 11) is 1.63. The van der Waals surface area contributed by atoms with Gasteiger partial charge in [0.1, 0.15) is 10.6 Å². The van der Waals surface area contributed by atoms with Crippen molar-refractivity contribution in [2.24, 2.45) is 0 Å². The van der Waals surface area contributed by atoms with Crippen molar-refractivity contribution in [3.63, 3.8) is 0 Å². The van der Waals surface area contributed by atoms with Gasteiger partial charge in [-0.25, -0.2) is 0 Å². The number of nitrogens with one attached hydrogen (secondary N) is 2. The van der Waals surface area contributed by atoms with Crippen LogP contribution in [0, 0.1) is 13.8 Å². The van der Waals surface area contributed by atoms with E-state index < -0.39 is 0 Å². The number of fused-ring (bicyclic) bond motifs is 2. The van der Waals surface area contributed by atoms with Crippen LogP contribution in [-0.4, -0.2) is 18.9 Å². The Morgan fingerprint density at radius 1 is 1.18 bits per heavy atom. The number of amides is 2. The third-order valence-corrected chi connectivity index (χ3v) is 6.53. The Morgan fingerprint density at radius 3 is 2.75 bits per heavy atom. The van der Waals surface area contributed by atoms with Crippen molar-refractivity contribution in [3.8, 4) is 0 Å². The SMILES string of the molecule is CNC(=O)c1c(NC(=O)Cc2coc3cc(C)cc(C)c23)sc2c1CCCC2. The zero-order valence-corrected chi connectivity index (χ0v) is 17.2. The molecule has 5 nitrogen and oxygen atoms in total. The predicted molar refractivity (Wildman–Crippen MR) is 112 cm³/mol. The molecule has 0 aliphatic heterocycles. The van der Waals surface area contributed by atoms with Crippen molar-refractivity contribution in [3.05, 3.63) is 51.1 Å². The molecule has 1 aliphatic rings. The Labute approximate surface area is 168 Å². The average molecular weight is 397 g/mol. The number of aryl methyl sites for hydroxylation is 3. The minimum atomic E-state index is -0.133. The summed E-state index contributed by atoms with van der Waals surface area (Å²) in [6, 6.07) is 4.08. The molecule has 3 aromatic rings. The molecular weight excluding hydrogens is 372 g/mol. The van der Waals surface area contributed by atoms with Crippen LogP contribution in [-0.2, 0) is 24.1 Å². The maximum Gasteiger partial charge on any atom is 0.254 e. The van der Waals surface area contributed by atoms with Crippen LogP contribution in [0.2, 0.25) is 0 Å². The topological polar surface area (TPSA) is 71.3 Å². The van der Waals surface area contributed by atoms with Crippen molar-refractivity contribution in [1.29, 1.82) is 0 Å². The molecule has 1 aliphatic carbocycles. The van der Waals surface area contributed by atoms with Crippen molar-refractivity contribution < 1.29 is 14.0 Å². The molecule has 0 saturated heterocycles. The average Bonchev–Trinajstić information content (AvgIpc) is 3.21. The summed E-state index contributed by atoms with van der Waals surface area (Å²) in [4.78, 5) is 26.5. The van der Waals surface area contributed by atoms with Gasteiger partial charge in [-0.2, -0.15) is 0 Å². The van der Waals surface area contributed by atoms with E-state index in [0.29, 0.717) is 10.6 Å². The predicted octanol–water partition coefficient (Wildman–Crippen LogP) is 4.53. The number of anilines is 1. The smallest absolute Gasteiger partial charge is 0.254 e. The quantitative estimate of drug-likeness (QED) is 0.681. The Hall–Kier alpha value is -2.60. The van der Waals surface area contributed by atoms with Crippen LogP contribution >= 0.6 is 11.3 Å². The van der Waals surface area contributed by atoms with Crippen LogP contribution in [0.4, 0.5) is 5.00 Å². The van der Waals surface area contributed by atoms with E-state index in [-0.39, 0.29) is 18.2 Å². The van der Waals surface area contributed by atoms with Gasteiger partial charge in [0, 0.05) is 22.9 Å². The van der Waals surface area contributed by atoms with E-state index >= 15 is 0 Å². The number of carbonyl (C=O) groups excluding carboxylic acids is 2. The van der Waals surface area contributed by atoms with E-state index in [1.807, 2.05) is 19.9 Å².